The average molecular weight is 611 g/mol. The van der Waals surface area contributed by atoms with Gasteiger partial charge in [0, 0.05) is 11.1 Å². The molecule has 224 valence electrons. The molecule has 0 saturated heterocycles. The van der Waals surface area contributed by atoms with Gasteiger partial charge in [-0.25, -0.2) is 4.98 Å². The molecule has 11 rings (SSSR count). The van der Waals surface area contributed by atoms with Crippen LogP contribution in [0.3, 0.4) is 0 Å². The maximum Gasteiger partial charge on any atom is 0.248 e. The third-order valence-electron chi connectivity index (χ3n) is 11.1. The van der Waals surface area contributed by atoms with Crippen LogP contribution in [-0.2, 0) is 5.41 Å². The van der Waals surface area contributed by atoms with Crippen molar-refractivity contribution in [2.75, 3.05) is 0 Å². The highest BCUT2D eigenvalue weighted by molar-refractivity contribution is 7.02. The van der Waals surface area contributed by atoms with Crippen molar-refractivity contribution in [1.29, 1.82) is 0 Å². The molecule has 0 amide bonds. The van der Waals surface area contributed by atoms with Gasteiger partial charge < -0.3 is 0 Å². The van der Waals surface area contributed by atoms with Crippen molar-refractivity contribution >= 4 is 77.2 Å². The first-order valence-electron chi connectivity index (χ1n) is 17.0. The standard InChI is InChI=1S/C45H31BN2/c1-45(2,3)29-23-34-43-35(24-29)47-25-48(43)44-38(27-15-8-5-9-16-27)37(26-13-6-4-7-14-26)40-31-19-11-10-18-30(31)32-22-21-28-17-12-20-33-36(28)39(32)41(40)42(44)46(33)34/h4-25H,1-3H3. The Labute approximate surface area is 279 Å². The molecule has 9 aromatic rings. The molecule has 1 aromatic heterocycles. The molecule has 48 heavy (non-hydrogen) atoms. The SMILES string of the molecule is CC(C)(C)c1cc2c3c(c1)ncn3-c1c(-c3ccccc3)c(-c3ccccc3)c3c4ccccc4c4ccc5cccc6c5c4c3c1B62. The Morgan fingerprint density at radius 1 is 0.562 bits per heavy atom. The lowest BCUT2D eigenvalue weighted by Crippen LogP contribution is -2.58. The molecule has 3 heterocycles. The molecule has 0 bridgehead atoms. The Hall–Kier alpha value is -5.67. The molecule has 0 spiro atoms. The number of hydrogen-bond acceptors (Lipinski definition) is 1. The van der Waals surface area contributed by atoms with E-state index < -0.39 is 0 Å². The van der Waals surface area contributed by atoms with E-state index in [2.05, 4.69) is 159 Å². The lowest BCUT2D eigenvalue weighted by molar-refractivity contribution is 0.591. The van der Waals surface area contributed by atoms with Crippen LogP contribution < -0.4 is 16.4 Å². The predicted octanol–water partition coefficient (Wildman–Crippen LogP) is 9.41. The topological polar surface area (TPSA) is 17.8 Å². The molecule has 8 aromatic carbocycles. The Kier molecular flexibility index (Phi) is 4.96. The predicted molar refractivity (Wildman–Crippen MR) is 205 cm³/mol. The van der Waals surface area contributed by atoms with E-state index in [1.807, 2.05) is 0 Å². The molecular formula is C45H31BN2. The van der Waals surface area contributed by atoms with E-state index >= 15 is 0 Å². The normalized spacial score (nSPS) is 13.3. The molecule has 2 aliphatic rings. The molecule has 0 unspecified atom stereocenters. The van der Waals surface area contributed by atoms with Crippen LogP contribution in [0.4, 0.5) is 0 Å². The fourth-order valence-corrected chi connectivity index (χ4v) is 9.14. The van der Waals surface area contributed by atoms with Gasteiger partial charge in [0.1, 0.15) is 6.33 Å². The molecule has 2 aliphatic heterocycles. The highest BCUT2D eigenvalue weighted by Crippen LogP contribution is 2.50. The summed E-state index contributed by atoms with van der Waals surface area (Å²) in [6.45, 7) is 7.02. The van der Waals surface area contributed by atoms with Gasteiger partial charge >= 0.3 is 0 Å². The van der Waals surface area contributed by atoms with Crippen LogP contribution in [0, 0.1) is 0 Å². The number of rotatable bonds is 2. The van der Waals surface area contributed by atoms with Crippen LogP contribution in [0.5, 0.6) is 0 Å². The Morgan fingerprint density at radius 2 is 1.25 bits per heavy atom. The molecule has 0 fully saturated rings. The van der Waals surface area contributed by atoms with E-state index in [1.165, 1.54) is 98.5 Å². The summed E-state index contributed by atoms with van der Waals surface area (Å²) in [5.41, 5.74) is 14.1. The van der Waals surface area contributed by atoms with Gasteiger partial charge in [0.15, 0.2) is 0 Å². The average Bonchev–Trinajstić information content (AvgIpc) is 3.55. The smallest absolute Gasteiger partial charge is 0.248 e. The van der Waals surface area contributed by atoms with Crippen molar-refractivity contribution < 1.29 is 0 Å². The molecule has 2 nitrogen and oxygen atoms in total. The summed E-state index contributed by atoms with van der Waals surface area (Å²) in [6, 6.07) is 47.7. The second-order valence-corrected chi connectivity index (χ2v) is 14.7. The number of benzene rings is 8. The molecule has 0 N–H and O–H groups in total. The van der Waals surface area contributed by atoms with Crippen molar-refractivity contribution in [3.05, 3.63) is 139 Å². The first-order chi connectivity index (χ1) is 23.5. The molecule has 3 heteroatoms. The second-order valence-electron chi connectivity index (χ2n) is 14.7. The van der Waals surface area contributed by atoms with Crippen LogP contribution in [-0.4, -0.2) is 16.3 Å². The van der Waals surface area contributed by atoms with Crippen LogP contribution in [0.15, 0.2) is 134 Å². The van der Waals surface area contributed by atoms with Gasteiger partial charge in [-0.15, -0.1) is 0 Å². The van der Waals surface area contributed by atoms with E-state index in [-0.39, 0.29) is 12.1 Å². The minimum Gasteiger partial charge on any atom is -0.299 e. The van der Waals surface area contributed by atoms with Gasteiger partial charge in [-0.05, 0) is 82.2 Å². The Morgan fingerprint density at radius 3 is 2.00 bits per heavy atom. The van der Waals surface area contributed by atoms with E-state index in [0.717, 1.165) is 5.52 Å². The lowest BCUT2D eigenvalue weighted by atomic mass is 9.32. The summed E-state index contributed by atoms with van der Waals surface area (Å²) >= 11 is 0. The largest absolute Gasteiger partial charge is 0.299 e. The molecule has 0 saturated carbocycles. The molecule has 0 atom stereocenters. The number of fused-ring (bicyclic) bond motifs is 6. The van der Waals surface area contributed by atoms with Crippen molar-refractivity contribution in [3.63, 3.8) is 0 Å². The van der Waals surface area contributed by atoms with Crippen molar-refractivity contribution in [2.24, 2.45) is 0 Å². The minimum atomic E-state index is -0.00870. The summed E-state index contributed by atoms with van der Waals surface area (Å²) in [5.74, 6) is 0. The first-order valence-corrected chi connectivity index (χ1v) is 17.0. The lowest BCUT2D eigenvalue weighted by Gasteiger charge is -2.36. The molecule has 0 radical (unpaired) electrons. The maximum atomic E-state index is 5.17. The summed E-state index contributed by atoms with van der Waals surface area (Å²) in [5, 5.41) is 10.8. The summed E-state index contributed by atoms with van der Waals surface area (Å²) in [6.07, 6.45) is 2.09. The zero-order chi connectivity index (χ0) is 31.9. The number of nitrogens with zero attached hydrogens (tertiary/aromatic N) is 2. The Bertz CT molecular complexity index is 2860. The third-order valence-corrected chi connectivity index (χ3v) is 11.1. The summed E-state index contributed by atoms with van der Waals surface area (Å²) in [4.78, 5) is 5.17. The number of hydrogen-bond donors (Lipinski definition) is 0. The van der Waals surface area contributed by atoms with Crippen molar-refractivity contribution in [1.82, 2.24) is 9.55 Å². The molecule has 0 aliphatic carbocycles. The second kappa shape index (κ2) is 9.02. The Balaban J connectivity index is 1.51. The maximum absolute atomic E-state index is 5.17. The van der Waals surface area contributed by atoms with Gasteiger partial charge in [0.2, 0.25) is 6.71 Å². The first kappa shape index (κ1) is 26.4. The summed E-state index contributed by atoms with van der Waals surface area (Å²) in [7, 11) is 0. The minimum absolute atomic E-state index is 0.00870. The molecular weight excluding hydrogens is 579 g/mol. The van der Waals surface area contributed by atoms with E-state index in [4.69, 9.17) is 4.98 Å². The quantitative estimate of drug-likeness (QED) is 0.141. The van der Waals surface area contributed by atoms with Gasteiger partial charge in [0.25, 0.3) is 0 Å². The van der Waals surface area contributed by atoms with Crippen LogP contribution in [0.2, 0.25) is 0 Å². The van der Waals surface area contributed by atoms with Gasteiger partial charge in [-0.3, -0.25) is 4.57 Å². The zero-order valence-corrected chi connectivity index (χ0v) is 27.2. The van der Waals surface area contributed by atoms with Gasteiger partial charge in [0.05, 0.1) is 16.7 Å². The van der Waals surface area contributed by atoms with Crippen LogP contribution >= 0.6 is 0 Å². The number of aromatic nitrogens is 2. The van der Waals surface area contributed by atoms with E-state index in [0.29, 0.717) is 0 Å². The van der Waals surface area contributed by atoms with E-state index in [9.17, 15) is 0 Å². The zero-order valence-electron chi connectivity index (χ0n) is 27.2. The fourth-order valence-electron chi connectivity index (χ4n) is 9.14. The van der Waals surface area contributed by atoms with Crippen molar-refractivity contribution in [2.45, 2.75) is 26.2 Å². The fraction of sp³-hybridized carbons (Fsp3) is 0.0889. The summed E-state index contributed by atoms with van der Waals surface area (Å²) < 4.78 is 2.44. The third kappa shape index (κ3) is 3.21. The van der Waals surface area contributed by atoms with Gasteiger partial charge in [-0.2, -0.15) is 0 Å². The monoisotopic (exact) mass is 610 g/mol. The van der Waals surface area contributed by atoms with E-state index in [1.54, 1.807) is 0 Å². The van der Waals surface area contributed by atoms with Crippen LogP contribution in [0.1, 0.15) is 26.3 Å². The van der Waals surface area contributed by atoms with Gasteiger partial charge in [-0.1, -0.05) is 148 Å². The number of imidazole rings is 1. The highest BCUT2D eigenvalue weighted by atomic mass is 15.1. The van der Waals surface area contributed by atoms with Crippen LogP contribution in [0.25, 0.3) is 82.1 Å². The highest BCUT2D eigenvalue weighted by Gasteiger charge is 2.42. The van der Waals surface area contributed by atoms with Crippen molar-refractivity contribution in [3.8, 4) is 27.9 Å².